The van der Waals surface area contributed by atoms with Crippen LogP contribution in [0.3, 0.4) is 0 Å². The van der Waals surface area contributed by atoms with Crippen LogP contribution in [0.5, 0.6) is 0 Å². The number of morpholine rings is 1. The molecule has 0 spiro atoms. The minimum atomic E-state index is -0.404. The molecule has 134 valence electrons. The highest BCUT2D eigenvalue weighted by molar-refractivity contribution is 5.94. The molecule has 2 heterocycles. The number of halogens is 1. The second-order valence-electron chi connectivity index (χ2n) is 6.83. The van der Waals surface area contributed by atoms with Crippen LogP contribution in [0.1, 0.15) is 30.6 Å². The lowest BCUT2D eigenvalue weighted by Crippen LogP contribution is -2.45. The normalized spacial score (nSPS) is 26.4. The molecule has 0 saturated carbocycles. The number of carbonyl (C=O) groups is 1. The largest absolute Gasteiger partial charge is 0.372 e. The lowest BCUT2D eigenvalue weighted by atomic mass is 10.1. The van der Waals surface area contributed by atoms with Gasteiger partial charge in [0.2, 0.25) is 0 Å². The summed E-state index contributed by atoms with van der Waals surface area (Å²) in [6.07, 6.45) is 2.88. The number of likely N-dealkylation sites (tertiary alicyclic amines) is 1. The molecular formula is C18H23FN4O2. The number of hydrogen-bond donors (Lipinski definition) is 1. The lowest BCUT2D eigenvalue weighted by Gasteiger charge is -2.37. The molecule has 3 unspecified atom stereocenters. The fourth-order valence-electron chi connectivity index (χ4n) is 3.52. The molecular weight excluding hydrogens is 323 g/mol. The van der Waals surface area contributed by atoms with Crippen LogP contribution < -0.4 is 10.2 Å². The highest BCUT2D eigenvalue weighted by Gasteiger charge is 2.26. The summed E-state index contributed by atoms with van der Waals surface area (Å²) in [6, 6.07) is 4.52. The van der Waals surface area contributed by atoms with E-state index in [1.165, 1.54) is 6.07 Å². The van der Waals surface area contributed by atoms with E-state index in [2.05, 4.69) is 11.5 Å². The van der Waals surface area contributed by atoms with Crippen molar-refractivity contribution < 1.29 is 13.9 Å². The van der Waals surface area contributed by atoms with Crippen molar-refractivity contribution >= 4 is 11.6 Å². The van der Waals surface area contributed by atoms with Gasteiger partial charge in [-0.2, -0.15) is 5.26 Å². The molecule has 1 aromatic carbocycles. The zero-order valence-corrected chi connectivity index (χ0v) is 14.5. The van der Waals surface area contributed by atoms with Crippen LogP contribution >= 0.6 is 0 Å². The van der Waals surface area contributed by atoms with Gasteiger partial charge in [-0.15, -0.1) is 0 Å². The standard InChI is InChI=1S/C18H23FN4O2/c1-12-8-23(9-13(2)25-12)17-4-3-14(7-16(17)19)18(24)21-15-5-6-22(10-15)11-20/h3-4,7,12-13,15H,5-6,8-10H2,1-2H3,(H,21,24). The maximum absolute atomic E-state index is 14.6. The molecule has 2 fully saturated rings. The van der Waals surface area contributed by atoms with Crippen LogP contribution in [0.2, 0.25) is 0 Å². The van der Waals surface area contributed by atoms with Crippen molar-refractivity contribution in [1.82, 2.24) is 10.2 Å². The molecule has 3 rings (SSSR count). The molecule has 0 aromatic heterocycles. The number of carbonyl (C=O) groups excluding carboxylic acids is 1. The summed E-state index contributed by atoms with van der Waals surface area (Å²) < 4.78 is 20.2. The second kappa shape index (κ2) is 7.28. The van der Waals surface area contributed by atoms with E-state index in [4.69, 9.17) is 10.00 Å². The van der Waals surface area contributed by atoms with Gasteiger partial charge >= 0.3 is 0 Å². The van der Waals surface area contributed by atoms with E-state index in [0.717, 1.165) is 6.42 Å². The first kappa shape index (κ1) is 17.5. The Bertz CT molecular complexity index is 680. The molecule has 0 radical (unpaired) electrons. The summed E-state index contributed by atoms with van der Waals surface area (Å²) in [5.41, 5.74) is 0.793. The molecule has 0 aliphatic carbocycles. The van der Waals surface area contributed by atoms with Gasteiger partial charge in [-0.05, 0) is 38.5 Å². The van der Waals surface area contributed by atoms with Crippen molar-refractivity contribution in [2.45, 2.75) is 38.5 Å². The molecule has 2 aliphatic rings. The first-order valence-corrected chi connectivity index (χ1v) is 8.61. The van der Waals surface area contributed by atoms with Gasteiger partial charge in [0, 0.05) is 37.8 Å². The van der Waals surface area contributed by atoms with Gasteiger partial charge in [-0.1, -0.05) is 0 Å². The number of benzene rings is 1. The number of rotatable bonds is 3. The highest BCUT2D eigenvalue weighted by atomic mass is 19.1. The Morgan fingerprint density at radius 1 is 1.32 bits per heavy atom. The Labute approximate surface area is 147 Å². The van der Waals surface area contributed by atoms with Crippen LogP contribution in [0.4, 0.5) is 10.1 Å². The summed E-state index contributed by atoms with van der Waals surface area (Å²) in [4.78, 5) is 15.9. The predicted octanol–water partition coefficient (Wildman–Crippen LogP) is 1.72. The molecule has 25 heavy (non-hydrogen) atoms. The first-order chi connectivity index (χ1) is 12.0. The molecule has 0 bridgehead atoms. The third kappa shape index (κ3) is 4.02. The number of hydrogen-bond acceptors (Lipinski definition) is 5. The third-order valence-electron chi connectivity index (χ3n) is 4.64. The fraction of sp³-hybridized carbons (Fsp3) is 0.556. The number of nitrogens with one attached hydrogen (secondary N) is 1. The van der Waals surface area contributed by atoms with E-state index >= 15 is 0 Å². The van der Waals surface area contributed by atoms with Crippen LogP contribution in [-0.4, -0.2) is 55.2 Å². The van der Waals surface area contributed by atoms with Gasteiger partial charge in [-0.3, -0.25) is 4.79 Å². The molecule has 1 N–H and O–H groups in total. The topological polar surface area (TPSA) is 68.6 Å². The van der Waals surface area contributed by atoms with E-state index in [-0.39, 0.29) is 24.2 Å². The fourth-order valence-corrected chi connectivity index (χ4v) is 3.52. The summed E-state index contributed by atoms with van der Waals surface area (Å²) in [5, 5.41) is 11.7. The van der Waals surface area contributed by atoms with Crippen molar-refractivity contribution in [3.63, 3.8) is 0 Å². The van der Waals surface area contributed by atoms with E-state index in [0.29, 0.717) is 37.4 Å². The maximum atomic E-state index is 14.6. The quantitative estimate of drug-likeness (QED) is 0.844. The Morgan fingerprint density at radius 2 is 2.04 bits per heavy atom. The van der Waals surface area contributed by atoms with Crippen molar-refractivity contribution in [2.75, 3.05) is 31.1 Å². The SMILES string of the molecule is CC1CN(c2ccc(C(=O)NC3CCN(C#N)C3)cc2F)CC(C)O1. The zero-order valence-electron chi connectivity index (χ0n) is 14.5. The van der Waals surface area contributed by atoms with E-state index in [1.54, 1.807) is 17.0 Å². The van der Waals surface area contributed by atoms with E-state index < -0.39 is 5.82 Å². The number of nitrogens with zero attached hydrogens (tertiary/aromatic N) is 3. The monoisotopic (exact) mass is 346 g/mol. The van der Waals surface area contributed by atoms with Gasteiger partial charge in [0.05, 0.1) is 17.9 Å². The Morgan fingerprint density at radius 3 is 2.64 bits per heavy atom. The number of anilines is 1. The summed E-state index contributed by atoms with van der Waals surface area (Å²) >= 11 is 0. The summed E-state index contributed by atoms with van der Waals surface area (Å²) in [5.74, 6) is -0.710. The Hall–Kier alpha value is -2.33. The third-order valence-corrected chi connectivity index (χ3v) is 4.64. The van der Waals surface area contributed by atoms with Gasteiger partial charge in [-0.25, -0.2) is 4.39 Å². The minimum absolute atomic E-state index is 0.0385. The van der Waals surface area contributed by atoms with Gasteiger partial charge in [0.25, 0.3) is 5.91 Å². The molecule has 6 nitrogen and oxygen atoms in total. The van der Waals surface area contributed by atoms with Crippen molar-refractivity contribution in [1.29, 1.82) is 5.26 Å². The van der Waals surface area contributed by atoms with Crippen molar-refractivity contribution in [3.8, 4) is 6.19 Å². The van der Waals surface area contributed by atoms with E-state index in [9.17, 15) is 9.18 Å². The number of nitriles is 1. The summed E-state index contributed by atoms with van der Waals surface area (Å²) in [7, 11) is 0. The molecule has 3 atom stereocenters. The average molecular weight is 346 g/mol. The predicted molar refractivity (Wildman–Crippen MR) is 91.7 cm³/mol. The highest BCUT2D eigenvalue weighted by Crippen LogP contribution is 2.24. The number of ether oxygens (including phenoxy) is 1. The second-order valence-corrected chi connectivity index (χ2v) is 6.83. The van der Waals surface area contributed by atoms with Crippen LogP contribution in [-0.2, 0) is 4.74 Å². The van der Waals surface area contributed by atoms with Gasteiger partial charge < -0.3 is 19.9 Å². The summed E-state index contributed by atoms with van der Waals surface area (Å²) in [6.45, 7) is 6.33. The smallest absolute Gasteiger partial charge is 0.251 e. The Balaban J connectivity index is 1.67. The van der Waals surface area contributed by atoms with Gasteiger partial charge in [0.1, 0.15) is 5.82 Å². The van der Waals surface area contributed by atoms with Gasteiger partial charge in [0.15, 0.2) is 6.19 Å². The molecule has 2 aliphatic heterocycles. The van der Waals surface area contributed by atoms with Crippen molar-refractivity contribution in [2.24, 2.45) is 0 Å². The minimum Gasteiger partial charge on any atom is -0.372 e. The maximum Gasteiger partial charge on any atom is 0.251 e. The lowest BCUT2D eigenvalue weighted by molar-refractivity contribution is -0.00539. The Kier molecular flexibility index (Phi) is 5.09. The number of amides is 1. The van der Waals surface area contributed by atoms with Crippen LogP contribution in [0.25, 0.3) is 0 Å². The zero-order chi connectivity index (χ0) is 18.0. The molecule has 1 aromatic rings. The molecule has 1 amide bonds. The van der Waals surface area contributed by atoms with Crippen LogP contribution in [0, 0.1) is 17.3 Å². The first-order valence-electron chi connectivity index (χ1n) is 8.61. The average Bonchev–Trinajstić information content (AvgIpc) is 3.01. The van der Waals surface area contributed by atoms with E-state index in [1.807, 2.05) is 18.7 Å². The van der Waals surface area contributed by atoms with Crippen molar-refractivity contribution in [3.05, 3.63) is 29.6 Å². The van der Waals surface area contributed by atoms with Crippen LogP contribution in [0.15, 0.2) is 18.2 Å². The molecule has 2 saturated heterocycles. The molecule has 7 heteroatoms.